The Morgan fingerprint density at radius 2 is 1.71 bits per heavy atom. The Hall–Kier alpha value is -3.63. The SMILES string of the molecule is COc1cc(OC)c(Cl)c(-n2nc(-c3nc(-c4cnn(C(C)C)c4)cnc3N)ccc2=O)c1Cl. The topological polar surface area (TPSA) is 123 Å². The van der Waals surface area contributed by atoms with Crippen LogP contribution in [-0.2, 0) is 0 Å². The monoisotopic (exact) mass is 501 g/mol. The molecule has 0 fully saturated rings. The Bertz CT molecular complexity index is 1400. The van der Waals surface area contributed by atoms with Crippen molar-refractivity contribution in [2.45, 2.75) is 19.9 Å². The zero-order valence-electron chi connectivity index (χ0n) is 18.8. The molecule has 0 spiro atoms. The first kappa shape index (κ1) is 23.5. The zero-order valence-corrected chi connectivity index (χ0v) is 20.3. The van der Waals surface area contributed by atoms with Crippen LogP contribution < -0.4 is 20.8 Å². The highest BCUT2D eigenvalue weighted by molar-refractivity contribution is 6.39. The molecular weight excluding hydrogens is 481 g/mol. The van der Waals surface area contributed by atoms with Crippen LogP contribution in [0.5, 0.6) is 11.5 Å². The maximum atomic E-state index is 12.8. The fourth-order valence-corrected chi connectivity index (χ4v) is 3.90. The van der Waals surface area contributed by atoms with Crippen LogP contribution in [0, 0.1) is 0 Å². The Kier molecular flexibility index (Phi) is 6.45. The number of aromatic nitrogens is 6. The average Bonchev–Trinajstić information content (AvgIpc) is 3.32. The molecule has 0 amide bonds. The molecule has 0 radical (unpaired) electrons. The summed E-state index contributed by atoms with van der Waals surface area (Å²) in [4.78, 5) is 21.7. The highest BCUT2D eigenvalue weighted by Crippen LogP contribution is 2.42. The van der Waals surface area contributed by atoms with Gasteiger partial charge < -0.3 is 15.2 Å². The van der Waals surface area contributed by atoms with E-state index in [0.29, 0.717) is 5.69 Å². The van der Waals surface area contributed by atoms with Gasteiger partial charge in [-0.25, -0.2) is 9.97 Å². The summed E-state index contributed by atoms with van der Waals surface area (Å²) in [6.45, 7) is 4.04. The lowest BCUT2D eigenvalue weighted by atomic mass is 10.2. The second-order valence-electron chi connectivity index (χ2n) is 7.52. The van der Waals surface area contributed by atoms with Gasteiger partial charge in [0.15, 0.2) is 5.82 Å². The van der Waals surface area contributed by atoms with E-state index in [9.17, 15) is 4.79 Å². The van der Waals surface area contributed by atoms with Crippen molar-refractivity contribution in [3.63, 3.8) is 0 Å². The summed E-state index contributed by atoms with van der Waals surface area (Å²) in [5.41, 5.74) is 7.62. The molecule has 0 aliphatic heterocycles. The van der Waals surface area contributed by atoms with Crippen LogP contribution >= 0.6 is 23.2 Å². The second kappa shape index (κ2) is 9.32. The number of ether oxygens (including phenoxy) is 2. The van der Waals surface area contributed by atoms with Crippen molar-refractivity contribution in [1.82, 2.24) is 29.5 Å². The van der Waals surface area contributed by atoms with Gasteiger partial charge in [-0.2, -0.15) is 14.9 Å². The highest BCUT2D eigenvalue weighted by atomic mass is 35.5. The quantitative estimate of drug-likeness (QED) is 0.419. The summed E-state index contributed by atoms with van der Waals surface area (Å²) in [6.07, 6.45) is 5.11. The van der Waals surface area contributed by atoms with Crippen LogP contribution in [0.2, 0.25) is 10.0 Å². The van der Waals surface area contributed by atoms with E-state index in [1.165, 1.54) is 32.4 Å². The second-order valence-corrected chi connectivity index (χ2v) is 8.27. The van der Waals surface area contributed by atoms with Gasteiger partial charge in [0.1, 0.15) is 38.6 Å². The molecule has 12 heteroatoms. The minimum absolute atomic E-state index is 0.0916. The fraction of sp³-hybridized carbons (Fsp3) is 0.227. The number of hydrogen-bond donors (Lipinski definition) is 1. The van der Waals surface area contributed by atoms with Crippen molar-refractivity contribution in [2.75, 3.05) is 20.0 Å². The van der Waals surface area contributed by atoms with Gasteiger partial charge in [0.2, 0.25) is 0 Å². The van der Waals surface area contributed by atoms with Crippen molar-refractivity contribution >= 4 is 29.0 Å². The van der Waals surface area contributed by atoms with Crippen molar-refractivity contribution < 1.29 is 9.47 Å². The number of benzene rings is 1. The molecule has 176 valence electrons. The molecule has 3 heterocycles. The third kappa shape index (κ3) is 4.17. The van der Waals surface area contributed by atoms with Crippen molar-refractivity contribution in [3.8, 4) is 39.8 Å². The Labute approximate surface area is 204 Å². The summed E-state index contributed by atoms with van der Waals surface area (Å²) < 4.78 is 13.5. The first-order chi connectivity index (χ1) is 16.2. The van der Waals surface area contributed by atoms with Crippen LogP contribution in [0.4, 0.5) is 5.82 Å². The first-order valence-corrected chi connectivity index (χ1v) is 10.9. The van der Waals surface area contributed by atoms with Gasteiger partial charge in [-0.1, -0.05) is 23.2 Å². The predicted octanol–water partition coefficient (Wildman–Crippen LogP) is 4.04. The van der Waals surface area contributed by atoms with Crippen LogP contribution in [0.25, 0.3) is 28.3 Å². The lowest BCUT2D eigenvalue weighted by Gasteiger charge is -2.16. The van der Waals surface area contributed by atoms with E-state index in [-0.39, 0.29) is 50.5 Å². The van der Waals surface area contributed by atoms with Crippen LogP contribution in [0.3, 0.4) is 0 Å². The number of methoxy groups -OCH3 is 2. The van der Waals surface area contributed by atoms with E-state index in [1.54, 1.807) is 12.4 Å². The smallest absolute Gasteiger partial charge is 0.271 e. The van der Waals surface area contributed by atoms with Gasteiger partial charge in [0.25, 0.3) is 5.56 Å². The molecule has 0 bridgehead atoms. The molecule has 34 heavy (non-hydrogen) atoms. The first-order valence-electron chi connectivity index (χ1n) is 10.1. The van der Waals surface area contributed by atoms with E-state index in [4.69, 9.17) is 38.4 Å². The van der Waals surface area contributed by atoms with Gasteiger partial charge in [-0.3, -0.25) is 9.48 Å². The lowest BCUT2D eigenvalue weighted by Crippen LogP contribution is -2.22. The molecule has 0 aliphatic rings. The highest BCUT2D eigenvalue weighted by Gasteiger charge is 2.22. The third-order valence-corrected chi connectivity index (χ3v) is 5.76. The van der Waals surface area contributed by atoms with Crippen LogP contribution in [0.15, 0.2) is 41.6 Å². The summed E-state index contributed by atoms with van der Waals surface area (Å²) in [6, 6.07) is 4.52. The van der Waals surface area contributed by atoms with Crippen molar-refractivity contribution in [2.24, 2.45) is 0 Å². The third-order valence-electron chi connectivity index (χ3n) is 5.03. The average molecular weight is 502 g/mol. The maximum absolute atomic E-state index is 12.8. The molecule has 0 saturated heterocycles. The molecule has 4 rings (SSSR count). The van der Waals surface area contributed by atoms with Gasteiger partial charge >= 0.3 is 0 Å². The number of rotatable bonds is 6. The van der Waals surface area contributed by atoms with Crippen molar-refractivity contribution in [3.05, 3.63) is 57.2 Å². The minimum Gasteiger partial charge on any atom is -0.495 e. The zero-order chi connectivity index (χ0) is 24.6. The predicted molar refractivity (Wildman–Crippen MR) is 130 cm³/mol. The molecule has 10 nitrogen and oxygen atoms in total. The Morgan fingerprint density at radius 1 is 1.03 bits per heavy atom. The largest absolute Gasteiger partial charge is 0.495 e. The van der Waals surface area contributed by atoms with E-state index in [0.717, 1.165) is 10.2 Å². The van der Waals surface area contributed by atoms with Gasteiger partial charge in [-0.15, -0.1) is 0 Å². The maximum Gasteiger partial charge on any atom is 0.271 e. The fourth-order valence-electron chi connectivity index (χ4n) is 3.23. The van der Waals surface area contributed by atoms with E-state index < -0.39 is 5.56 Å². The molecule has 1 aromatic carbocycles. The molecule has 2 N–H and O–H groups in total. The van der Waals surface area contributed by atoms with E-state index in [2.05, 4.69) is 20.2 Å². The number of hydrogen-bond acceptors (Lipinski definition) is 8. The molecule has 0 atom stereocenters. The molecule has 0 saturated carbocycles. The molecule has 3 aromatic heterocycles. The number of anilines is 1. The van der Waals surface area contributed by atoms with Gasteiger partial charge in [0.05, 0.1) is 32.3 Å². The lowest BCUT2D eigenvalue weighted by molar-refractivity contribution is 0.394. The van der Waals surface area contributed by atoms with E-state index >= 15 is 0 Å². The van der Waals surface area contributed by atoms with Crippen LogP contribution in [0.1, 0.15) is 19.9 Å². The summed E-state index contributed by atoms with van der Waals surface area (Å²) >= 11 is 13.0. The van der Waals surface area contributed by atoms with Crippen molar-refractivity contribution in [1.29, 1.82) is 0 Å². The standard InChI is InChI=1S/C22H21Cl2N7O3/c1-11(2)30-10-12(8-27-30)14-9-26-22(25)20(28-14)13-5-6-17(32)31(29-13)21-18(23)15(33-3)7-16(34-4)19(21)24/h5-11H,1-4H3,(H2,25,26). The summed E-state index contributed by atoms with van der Waals surface area (Å²) in [5, 5.41) is 8.96. The number of nitrogens with zero attached hydrogens (tertiary/aromatic N) is 6. The summed E-state index contributed by atoms with van der Waals surface area (Å²) in [5.74, 6) is 0.666. The molecule has 4 aromatic rings. The number of halogens is 2. The van der Waals surface area contributed by atoms with Gasteiger partial charge in [-0.05, 0) is 19.9 Å². The summed E-state index contributed by atoms with van der Waals surface area (Å²) in [7, 11) is 2.88. The Morgan fingerprint density at radius 3 is 2.29 bits per heavy atom. The number of nitrogens with two attached hydrogens (primary N) is 1. The Balaban J connectivity index is 1.88. The van der Waals surface area contributed by atoms with Crippen LogP contribution in [-0.4, -0.2) is 43.7 Å². The van der Waals surface area contributed by atoms with Gasteiger partial charge in [0, 0.05) is 29.9 Å². The number of nitrogen functional groups attached to an aromatic ring is 1. The molecule has 0 aliphatic carbocycles. The van der Waals surface area contributed by atoms with E-state index in [1.807, 2.05) is 24.7 Å². The molecule has 0 unspecified atom stereocenters. The normalized spacial score (nSPS) is 11.1. The minimum atomic E-state index is -0.483. The molecular formula is C22H21Cl2N7O3.